The molecule has 0 aliphatic heterocycles. The zero-order chi connectivity index (χ0) is 14.7. The Morgan fingerprint density at radius 1 is 1.30 bits per heavy atom. The van der Waals surface area contributed by atoms with Gasteiger partial charge in [0, 0.05) is 12.0 Å². The van der Waals surface area contributed by atoms with E-state index in [2.05, 4.69) is 5.32 Å². The molecule has 110 valence electrons. The molecule has 0 heterocycles. The Kier molecular flexibility index (Phi) is 4.94. The highest BCUT2D eigenvalue weighted by Crippen LogP contribution is 2.31. The van der Waals surface area contributed by atoms with Gasteiger partial charge in [0.25, 0.3) is 0 Å². The number of rotatable bonds is 3. The quantitative estimate of drug-likeness (QED) is 0.900. The fourth-order valence-electron chi connectivity index (χ4n) is 2.55. The summed E-state index contributed by atoms with van der Waals surface area (Å²) in [6.45, 7) is 0.632. The van der Waals surface area contributed by atoms with Crippen molar-refractivity contribution in [2.24, 2.45) is 17.6 Å². The number of nitrogens with two attached hydrogens (primary N) is 1. The van der Waals surface area contributed by atoms with Crippen molar-refractivity contribution >= 4 is 23.2 Å². The first-order chi connectivity index (χ1) is 9.51. The van der Waals surface area contributed by atoms with Crippen molar-refractivity contribution in [1.29, 1.82) is 0 Å². The molecule has 2 rings (SSSR count). The van der Waals surface area contributed by atoms with Crippen LogP contribution >= 0.6 is 11.6 Å². The van der Waals surface area contributed by atoms with Crippen molar-refractivity contribution in [1.82, 2.24) is 0 Å². The van der Waals surface area contributed by atoms with Gasteiger partial charge in [-0.1, -0.05) is 11.6 Å². The molecule has 0 atom stereocenters. The molecule has 0 spiro atoms. The first kappa shape index (κ1) is 15.2. The SMILES string of the molecule is NCC1CCC(C(=O)Nc2c(F)cc(F)cc2Cl)CC1. The molecule has 1 aliphatic carbocycles. The molecule has 0 radical (unpaired) electrons. The summed E-state index contributed by atoms with van der Waals surface area (Å²) < 4.78 is 26.5. The molecule has 1 amide bonds. The van der Waals surface area contributed by atoms with Gasteiger partial charge in [-0.05, 0) is 44.2 Å². The number of nitrogens with one attached hydrogen (secondary N) is 1. The maximum atomic E-state index is 13.6. The van der Waals surface area contributed by atoms with Crippen molar-refractivity contribution in [3.63, 3.8) is 0 Å². The van der Waals surface area contributed by atoms with Crippen LogP contribution in [0, 0.1) is 23.5 Å². The van der Waals surface area contributed by atoms with Gasteiger partial charge in [0.05, 0.1) is 10.7 Å². The monoisotopic (exact) mass is 302 g/mol. The maximum Gasteiger partial charge on any atom is 0.227 e. The van der Waals surface area contributed by atoms with Crippen molar-refractivity contribution < 1.29 is 13.6 Å². The van der Waals surface area contributed by atoms with Crippen molar-refractivity contribution in [2.45, 2.75) is 25.7 Å². The van der Waals surface area contributed by atoms with Crippen LogP contribution in [-0.2, 0) is 4.79 Å². The number of carbonyl (C=O) groups excluding carboxylic acids is 1. The number of hydrogen-bond donors (Lipinski definition) is 2. The summed E-state index contributed by atoms with van der Waals surface area (Å²) >= 11 is 5.75. The molecule has 1 aromatic rings. The van der Waals surface area contributed by atoms with Gasteiger partial charge in [-0.25, -0.2) is 8.78 Å². The average Bonchev–Trinajstić information content (AvgIpc) is 2.42. The van der Waals surface area contributed by atoms with E-state index >= 15 is 0 Å². The first-order valence-corrected chi connectivity index (χ1v) is 7.04. The van der Waals surface area contributed by atoms with Crippen LogP contribution in [0.3, 0.4) is 0 Å². The molecule has 1 fully saturated rings. The van der Waals surface area contributed by atoms with Gasteiger partial charge in [0.15, 0.2) is 5.82 Å². The number of amides is 1. The minimum absolute atomic E-state index is 0.133. The smallest absolute Gasteiger partial charge is 0.227 e. The molecule has 0 bridgehead atoms. The van der Waals surface area contributed by atoms with Gasteiger partial charge in [0.2, 0.25) is 5.91 Å². The third kappa shape index (κ3) is 3.46. The van der Waals surface area contributed by atoms with Crippen molar-refractivity contribution in [2.75, 3.05) is 11.9 Å². The summed E-state index contributed by atoms with van der Waals surface area (Å²) in [5, 5.41) is 2.33. The van der Waals surface area contributed by atoms with Crippen LogP contribution in [-0.4, -0.2) is 12.5 Å². The van der Waals surface area contributed by atoms with Gasteiger partial charge in [0.1, 0.15) is 5.82 Å². The van der Waals surface area contributed by atoms with Crippen LogP contribution in [0.5, 0.6) is 0 Å². The second-order valence-corrected chi connectivity index (χ2v) is 5.59. The molecule has 0 unspecified atom stereocenters. The van der Waals surface area contributed by atoms with Crippen LogP contribution in [0.25, 0.3) is 0 Å². The van der Waals surface area contributed by atoms with Crippen LogP contribution in [0.15, 0.2) is 12.1 Å². The molecule has 0 aromatic heterocycles. The van der Waals surface area contributed by atoms with E-state index in [1.807, 2.05) is 0 Å². The molecular formula is C14H17ClF2N2O. The number of benzene rings is 1. The summed E-state index contributed by atoms with van der Waals surface area (Å²) in [6, 6.07) is 1.68. The van der Waals surface area contributed by atoms with E-state index in [1.54, 1.807) is 0 Å². The number of anilines is 1. The molecule has 1 aliphatic rings. The maximum absolute atomic E-state index is 13.6. The van der Waals surface area contributed by atoms with Gasteiger partial charge in [-0.3, -0.25) is 4.79 Å². The number of halogens is 3. The predicted molar refractivity (Wildman–Crippen MR) is 74.5 cm³/mol. The van der Waals surface area contributed by atoms with E-state index in [1.165, 1.54) is 0 Å². The topological polar surface area (TPSA) is 55.1 Å². The van der Waals surface area contributed by atoms with Gasteiger partial charge in [-0.15, -0.1) is 0 Å². The van der Waals surface area contributed by atoms with E-state index in [4.69, 9.17) is 17.3 Å². The highest BCUT2D eigenvalue weighted by atomic mass is 35.5. The molecule has 1 saturated carbocycles. The second-order valence-electron chi connectivity index (χ2n) is 5.19. The highest BCUT2D eigenvalue weighted by molar-refractivity contribution is 6.33. The van der Waals surface area contributed by atoms with Crippen LogP contribution in [0.2, 0.25) is 5.02 Å². The molecule has 20 heavy (non-hydrogen) atoms. The van der Waals surface area contributed by atoms with Crippen LogP contribution in [0.1, 0.15) is 25.7 Å². The zero-order valence-electron chi connectivity index (χ0n) is 11.0. The lowest BCUT2D eigenvalue weighted by atomic mass is 9.81. The molecule has 3 nitrogen and oxygen atoms in total. The normalized spacial score (nSPS) is 22.6. The second kappa shape index (κ2) is 6.50. The minimum atomic E-state index is -0.862. The Morgan fingerprint density at radius 2 is 1.95 bits per heavy atom. The fraction of sp³-hybridized carbons (Fsp3) is 0.500. The molecule has 0 saturated heterocycles. The number of carbonyl (C=O) groups is 1. The van der Waals surface area contributed by atoms with E-state index in [9.17, 15) is 13.6 Å². The molecular weight excluding hydrogens is 286 g/mol. The Hall–Kier alpha value is -1.20. The van der Waals surface area contributed by atoms with Gasteiger partial charge < -0.3 is 11.1 Å². The summed E-state index contributed by atoms with van der Waals surface area (Å²) in [7, 11) is 0. The average molecular weight is 303 g/mol. The first-order valence-electron chi connectivity index (χ1n) is 6.66. The van der Waals surface area contributed by atoms with Crippen LogP contribution < -0.4 is 11.1 Å². The minimum Gasteiger partial charge on any atom is -0.330 e. The Labute approximate surface area is 121 Å². The third-order valence-electron chi connectivity index (χ3n) is 3.81. The Morgan fingerprint density at radius 3 is 2.50 bits per heavy atom. The molecule has 1 aromatic carbocycles. The van der Waals surface area contributed by atoms with Crippen LogP contribution in [0.4, 0.5) is 14.5 Å². The summed E-state index contributed by atoms with van der Waals surface area (Å²) in [5.41, 5.74) is 5.45. The fourth-order valence-corrected chi connectivity index (χ4v) is 2.79. The van der Waals surface area contributed by atoms with Crippen molar-refractivity contribution in [3.05, 3.63) is 28.8 Å². The summed E-state index contributed by atoms with van der Waals surface area (Å²) in [6.07, 6.45) is 3.25. The molecule has 6 heteroatoms. The predicted octanol–water partition coefficient (Wildman–Crippen LogP) is 3.32. The Bertz CT molecular complexity index is 479. The lowest BCUT2D eigenvalue weighted by Gasteiger charge is -2.26. The van der Waals surface area contributed by atoms with E-state index in [0.717, 1.165) is 31.7 Å². The Balaban J connectivity index is 2.02. The molecule has 3 N–H and O–H groups in total. The largest absolute Gasteiger partial charge is 0.330 e. The third-order valence-corrected chi connectivity index (χ3v) is 4.10. The zero-order valence-corrected chi connectivity index (χ0v) is 11.7. The van der Waals surface area contributed by atoms with Gasteiger partial charge in [-0.2, -0.15) is 0 Å². The summed E-state index contributed by atoms with van der Waals surface area (Å²) in [4.78, 5) is 12.1. The standard InChI is InChI=1S/C14H17ClF2N2O/c15-11-5-10(16)6-12(17)13(11)19-14(20)9-3-1-8(7-18)2-4-9/h5-6,8-9H,1-4,7,18H2,(H,19,20). The lowest BCUT2D eigenvalue weighted by molar-refractivity contribution is -0.121. The van der Waals surface area contributed by atoms with Crippen molar-refractivity contribution in [3.8, 4) is 0 Å². The summed E-state index contributed by atoms with van der Waals surface area (Å²) in [5.74, 6) is -1.61. The lowest BCUT2D eigenvalue weighted by Crippen LogP contribution is -2.29. The van der Waals surface area contributed by atoms with E-state index < -0.39 is 11.6 Å². The number of hydrogen-bond acceptors (Lipinski definition) is 2. The highest BCUT2D eigenvalue weighted by Gasteiger charge is 2.26. The van der Waals surface area contributed by atoms with Gasteiger partial charge >= 0.3 is 0 Å². The van der Waals surface area contributed by atoms with E-state index in [0.29, 0.717) is 18.5 Å². The van der Waals surface area contributed by atoms with E-state index in [-0.39, 0.29) is 22.5 Å².